The third kappa shape index (κ3) is 35.9. The zero-order valence-corrected chi connectivity index (χ0v) is 36.3. The van der Waals surface area contributed by atoms with Crippen LogP contribution >= 0.6 is 0 Å². The summed E-state index contributed by atoms with van der Waals surface area (Å²) in [4.78, 5) is 26.6. The van der Waals surface area contributed by atoms with E-state index in [1.807, 2.05) is 0 Å². The molecule has 0 saturated heterocycles. The molecule has 0 aromatic heterocycles. The number of hydrogen-bond acceptors (Lipinski definition) is 2. The first-order chi connectivity index (χ1) is 25.6. The van der Waals surface area contributed by atoms with E-state index in [-0.39, 0.29) is 23.7 Å². The molecule has 0 bridgehead atoms. The summed E-state index contributed by atoms with van der Waals surface area (Å²) in [6, 6.07) is 0. The van der Waals surface area contributed by atoms with Gasteiger partial charge >= 0.3 is 0 Å². The first kappa shape index (κ1) is 50.9. The summed E-state index contributed by atoms with van der Waals surface area (Å²) in [5.74, 6) is 0.915. The number of carbonyl (C=O) groups is 2. The smallest absolute Gasteiger partial charge is 0.223 e. The molecule has 4 heteroatoms. The summed E-state index contributed by atoms with van der Waals surface area (Å²) >= 11 is 0. The van der Waals surface area contributed by atoms with E-state index in [1.54, 1.807) is 0 Å². The molecule has 0 radical (unpaired) electrons. The summed E-state index contributed by atoms with van der Waals surface area (Å²) in [6.07, 6.45) is 48.3. The number of hydrogen-bond donors (Lipinski definition) is 2. The van der Waals surface area contributed by atoms with Gasteiger partial charge in [0.15, 0.2) is 0 Å². The van der Waals surface area contributed by atoms with Crippen molar-refractivity contribution in [1.82, 2.24) is 10.6 Å². The molecule has 0 aliphatic heterocycles. The minimum atomic E-state index is 0.174. The van der Waals surface area contributed by atoms with Crippen molar-refractivity contribution in [2.75, 3.05) is 13.1 Å². The van der Waals surface area contributed by atoms with Crippen molar-refractivity contribution in [2.24, 2.45) is 11.8 Å². The highest BCUT2D eigenvalue weighted by molar-refractivity contribution is 5.79. The zero-order valence-electron chi connectivity index (χ0n) is 36.3. The van der Waals surface area contributed by atoms with Gasteiger partial charge < -0.3 is 10.6 Å². The Morgan fingerprint density at radius 2 is 0.481 bits per heavy atom. The van der Waals surface area contributed by atoms with E-state index in [0.717, 1.165) is 51.6 Å². The second kappa shape index (κ2) is 42.7. The van der Waals surface area contributed by atoms with Gasteiger partial charge in [-0.2, -0.15) is 0 Å². The zero-order chi connectivity index (χ0) is 38.0. The van der Waals surface area contributed by atoms with E-state index in [0.29, 0.717) is 0 Å². The molecule has 0 aliphatic carbocycles. The van der Waals surface area contributed by atoms with Crippen LogP contribution in [-0.2, 0) is 9.59 Å². The molecule has 0 aromatic rings. The number of unbranched alkanes of at least 4 members (excludes halogenated alkanes) is 29. The molecular formula is C48H96N2O2. The molecule has 0 spiro atoms. The van der Waals surface area contributed by atoms with E-state index < -0.39 is 0 Å². The Hall–Kier alpha value is -1.06. The average molecular weight is 733 g/mol. The molecule has 0 unspecified atom stereocenters. The van der Waals surface area contributed by atoms with Gasteiger partial charge in [-0.1, -0.05) is 233 Å². The first-order valence-corrected chi connectivity index (χ1v) is 24.2. The molecule has 0 atom stereocenters. The highest BCUT2D eigenvalue weighted by atomic mass is 16.2. The van der Waals surface area contributed by atoms with Crippen molar-refractivity contribution in [3.05, 3.63) is 0 Å². The molecule has 0 fully saturated rings. The molecular weight excluding hydrogens is 637 g/mol. The molecule has 2 N–H and O–H groups in total. The number of rotatable bonds is 43. The fourth-order valence-corrected chi connectivity index (χ4v) is 7.87. The maximum atomic E-state index is 13.3. The van der Waals surface area contributed by atoms with Gasteiger partial charge in [-0.15, -0.1) is 0 Å². The second-order valence-electron chi connectivity index (χ2n) is 16.7. The molecule has 0 saturated carbocycles. The maximum absolute atomic E-state index is 13.3. The largest absolute Gasteiger partial charge is 0.356 e. The lowest BCUT2D eigenvalue weighted by molar-refractivity contribution is -0.126. The number of amides is 2. The minimum Gasteiger partial charge on any atom is -0.356 e. The Kier molecular flexibility index (Phi) is 41.8. The van der Waals surface area contributed by atoms with E-state index in [2.05, 4.69) is 38.3 Å². The molecule has 52 heavy (non-hydrogen) atoms. The van der Waals surface area contributed by atoms with Crippen LogP contribution in [-0.4, -0.2) is 24.9 Å². The van der Waals surface area contributed by atoms with Crippen LogP contribution in [0.4, 0.5) is 0 Å². The van der Waals surface area contributed by atoms with Crippen molar-refractivity contribution < 1.29 is 9.59 Å². The van der Waals surface area contributed by atoms with E-state index in [1.165, 1.54) is 205 Å². The lowest BCUT2D eigenvalue weighted by Crippen LogP contribution is -2.33. The summed E-state index contributed by atoms with van der Waals surface area (Å²) in [7, 11) is 0. The Morgan fingerprint density at radius 1 is 0.288 bits per heavy atom. The first-order valence-electron chi connectivity index (χ1n) is 24.2. The summed E-state index contributed by atoms with van der Waals surface area (Å²) in [6.45, 7) is 10.6. The molecule has 0 aliphatic rings. The van der Waals surface area contributed by atoms with Crippen LogP contribution in [0.2, 0.25) is 0 Å². The highest BCUT2D eigenvalue weighted by Crippen LogP contribution is 2.22. The maximum Gasteiger partial charge on any atom is 0.223 e. The predicted octanol–water partition coefficient (Wildman–Crippen LogP) is 15.4. The predicted molar refractivity (Wildman–Crippen MR) is 231 cm³/mol. The molecule has 310 valence electrons. The lowest BCUT2D eigenvalue weighted by Gasteiger charge is -2.18. The normalized spacial score (nSPS) is 11.6. The van der Waals surface area contributed by atoms with Gasteiger partial charge in [0.1, 0.15) is 0 Å². The SMILES string of the molecule is CCCCCCCCCCC(CCCCCCCCCC)C(=O)NCCCCNC(=O)C(CCCCCCCCCC)CCCCCCCCCC. The van der Waals surface area contributed by atoms with Crippen molar-refractivity contribution >= 4 is 11.8 Å². The van der Waals surface area contributed by atoms with Crippen LogP contribution < -0.4 is 10.6 Å². The third-order valence-electron chi connectivity index (χ3n) is 11.6. The fourth-order valence-electron chi connectivity index (χ4n) is 7.87. The summed E-state index contributed by atoms with van der Waals surface area (Å²) in [5, 5.41) is 6.61. The van der Waals surface area contributed by atoms with Gasteiger partial charge in [-0.25, -0.2) is 0 Å². The number of nitrogens with one attached hydrogen (secondary N) is 2. The van der Waals surface area contributed by atoms with Crippen LogP contribution in [0.5, 0.6) is 0 Å². The van der Waals surface area contributed by atoms with Crippen LogP contribution in [0.3, 0.4) is 0 Å². The van der Waals surface area contributed by atoms with Crippen LogP contribution in [0.15, 0.2) is 0 Å². The van der Waals surface area contributed by atoms with Gasteiger partial charge in [0.2, 0.25) is 11.8 Å². The number of carbonyl (C=O) groups excluding carboxylic acids is 2. The Labute approximate surface area is 327 Å². The Balaban J connectivity index is 4.55. The molecule has 4 nitrogen and oxygen atoms in total. The standard InChI is InChI=1S/C48H96N2O2/c1-5-9-13-17-21-25-29-33-39-45(40-34-30-26-22-18-14-10-6-2)47(51)49-43-37-38-44-50-48(52)46(41-35-31-27-23-19-15-11-7-3)42-36-32-28-24-20-16-12-8-4/h45-46H,5-44H2,1-4H3,(H,49,51)(H,50,52). The van der Waals surface area contributed by atoms with Crippen molar-refractivity contribution in [2.45, 2.75) is 272 Å². The summed E-state index contributed by atoms with van der Waals surface area (Å²) in [5.41, 5.74) is 0. The van der Waals surface area contributed by atoms with Gasteiger partial charge in [0, 0.05) is 24.9 Å². The fraction of sp³-hybridized carbons (Fsp3) is 0.958. The van der Waals surface area contributed by atoms with Crippen LogP contribution in [0.1, 0.15) is 272 Å². The topological polar surface area (TPSA) is 58.2 Å². The van der Waals surface area contributed by atoms with Gasteiger partial charge in [0.05, 0.1) is 0 Å². The Bertz CT molecular complexity index is 625. The van der Waals surface area contributed by atoms with Crippen molar-refractivity contribution in [3.63, 3.8) is 0 Å². The molecule has 0 rings (SSSR count). The average Bonchev–Trinajstić information content (AvgIpc) is 3.15. The van der Waals surface area contributed by atoms with Gasteiger partial charge in [0.25, 0.3) is 0 Å². The molecule has 0 heterocycles. The second-order valence-corrected chi connectivity index (χ2v) is 16.7. The molecule has 2 amide bonds. The van der Waals surface area contributed by atoms with Crippen molar-refractivity contribution in [1.29, 1.82) is 0 Å². The van der Waals surface area contributed by atoms with Crippen LogP contribution in [0.25, 0.3) is 0 Å². The highest BCUT2D eigenvalue weighted by Gasteiger charge is 2.19. The van der Waals surface area contributed by atoms with E-state index in [9.17, 15) is 9.59 Å². The van der Waals surface area contributed by atoms with Gasteiger partial charge in [-0.3, -0.25) is 9.59 Å². The Morgan fingerprint density at radius 3 is 0.692 bits per heavy atom. The third-order valence-corrected chi connectivity index (χ3v) is 11.6. The minimum absolute atomic E-state index is 0.174. The molecule has 0 aromatic carbocycles. The summed E-state index contributed by atoms with van der Waals surface area (Å²) < 4.78 is 0. The van der Waals surface area contributed by atoms with Crippen molar-refractivity contribution in [3.8, 4) is 0 Å². The van der Waals surface area contributed by atoms with Gasteiger partial charge in [-0.05, 0) is 38.5 Å². The quantitative estimate of drug-likeness (QED) is 0.0613. The lowest BCUT2D eigenvalue weighted by atomic mass is 9.93. The monoisotopic (exact) mass is 733 g/mol. The van der Waals surface area contributed by atoms with E-state index in [4.69, 9.17) is 0 Å². The van der Waals surface area contributed by atoms with Crippen LogP contribution in [0, 0.1) is 11.8 Å². The van der Waals surface area contributed by atoms with E-state index >= 15 is 0 Å².